The molecule has 29 heavy (non-hydrogen) atoms. The molecule has 0 aromatic heterocycles. The van der Waals surface area contributed by atoms with Gasteiger partial charge in [-0.1, -0.05) is 39.1 Å². The van der Waals surface area contributed by atoms with Crippen LogP contribution in [0.1, 0.15) is 0 Å². The average Bonchev–Trinajstić information content (AvgIpc) is 2.54. The summed E-state index contributed by atoms with van der Waals surface area (Å²) in [6.07, 6.45) is 1.11. The molecule has 158 valence electrons. The zero-order valence-electron chi connectivity index (χ0n) is 15.0. The summed E-state index contributed by atoms with van der Waals surface area (Å²) < 4.78 is 55.8. The Labute approximate surface area is 187 Å². The summed E-state index contributed by atoms with van der Waals surface area (Å²) in [4.78, 5) is -0.350. The molecule has 7 nitrogen and oxygen atoms in total. The number of hydrogen-bond acceptors (Lipinski definition) is 6. The third kappa shape index (κ3) is 5.18. The van der Waals surface area contributed by atoms with Gasteiger partial charge in [0.25, 0.3) is 0 Å². The van der Waals surface area contributed by atoms with Crippen LogP contribution in [0.15, 0.2) is 39.7 Å². The summed E-state index contributed by atoms with van der Waals surface area (Å²) >= 11 is 15.5. The van der Waals surface area contributed by atoms with Crippen molar-refractivity contribution in [2.75, 3.05) is 25.1 Å². The van der Waals surface area contributed by atoms with Gasteiger partial charge >= 0.3 is 0 Å². The summed E-state index contributed by atoms with van der Waals surface area (Å²) in [7, 11) is -7.23. The van der Waals surface area contributed by atoms with Gasteiger partial charge in [0, 0.05) is 35.8 Å². The van der Waals surface area contributed by atoms with Crippen molar-refractivity contribution in [1.29, 1.82) is 0 Å². The third-order valence-corrected chi connectivity index (χ3v) is 8.15. The number of phenolic OH excluding ortho intramolecular Hbond substituents is 1. The summed E-state index contributed by atoms with van der Waals surface area (Å²) in [5.74, 6) is -0.559. The maximum Gasteiger partial charge on any atom is 0.246 e. The van der Waals surface area contributed by atoms with Crippen LogP contribution in [-0.2, 0) is 19.9 Å². The number of phenols is 1. The highest BCUT2D eigenvalue weighted by molar-refractivity contribution is 9.10. The molecule has 0 saturated carbocycles. The Morgan fingerprint density at radius 3 is 2.28 bits per heavy atom. The summed E-state index contributed by atoms with van der Waals surface area (Å²) in [5, 5.41) is 10.5. The van der Waals surface area contributed by atoms with Crippen LogP contribution in [0.2, 0.25) is 10.0 Å². The molecule has 1 N–H and O–H groups in total. The fraction of sp³-hybridized carbons (Fsp3) is 0.294. The number of benzene rings is 2. The van der Waals surface area contributed by atoms with Gasteiger partial charge in [-0.3, -0.25) is 0 Å². The van der Waals surface area contributed by atoms with Gasteiger partial charge in [0.2, 0.25) is 10.0 Å². The van der Waals surface area contributed by atoms with Crippen LogP contribution in [0.25, 0.3) is 0 Å². The Kier molecular flexibility index (Phi) is 6.43. The summed E-state index contributed by atoms with van der Waals surface area (Å²) in [5.41, 5.74) is 0. The maximum absolute atomic E-state index is 12.8. The van der Waals surface area contributed by atoms with E-state index in [2.05, 4.69) is 15.9 Å². The zero-order chi connectivity index (χ0) is 21.6. The van der Waals surface area contributed by atoms with E-state index in [0.29, 0.717) is 4.47 Å². The second-order valence-corrected chi connectivity index (χ2v) is 12.5. The Morgan fingerprint density at radius 2 is 1.72 bits per heavy atom. The number of hydrogen-bond donors (Lipinski definition) is 1. The molecule has 0 spiro atoms. The lowest BCUT2D eigenvalue weighted by molar-refractivity contribution is 0.219. The molecule has 1 heterocycles. The number of nitrogens with zero attached hydrogens (tertiary/aromatic N) is 1. The minimum Gasteiger partial charge on any atom is -0.507 e. The summed E-state index contributed by atoms with van der Waals surface area (Å²) in [6, 6.07) is 6.89. The first kappa shape index (κ1) is 22.6. The van der Waals surface area contributed by atoms with Crippen LogP contribution in [0, 0.1) is 5.92 Å². The fourth-order valence-corrected chi connectivity index (χ4v) is 6.94. The van der Waals surface area contributed by atoms with E-state index < -0.39 is 25.6 Å². The van der Waals surface area contributed by atoms with Crippen molar-refractivity contribution in [1.82, 2.24) is 4.31 Å². The fourth-order valence-electron chi connectivity index (χ4n) is 2.90. The number of rotatable bonds is 6. The van der Waals surface area contributed by atoms with Gasteiger partial charge in [0.1, 0.15) is 26.2 Å². The molecule has 3 rings (SSSR count). The van der Waals surface area contributed by atoms with Gasteiger partial charge in [0.05, 0.1) is 15.8 Å². The first-order valence-electron chi connectivity index (χ1n) is 8.20. The molecule has 1 aliphatic rings. The molecule has 1 fully saturated rings. The molecule has 1 aliphatic heterocycles. The number of aromatic hydroxyl groups is 1. The SMILES string of the molecule is CS(=O)(=O)CC1CN(S(=O)(=O)c2cc(Oc3c(Cl)cc(Br)cc3Cl)ccc2O)C1. The van der Waals surface area contributed by atoms with Gasteiger partial charge in [-0.05, 0) is 24.3 Å². The van der Waals surface area contributed by atoms with Gasteiger partial charge < -0.3 is 9.84 Å². The van der Waals surface area contributed by atoms with Crippen LogP contribution in [0.3, 0.4) is 0 Å². The topological polar surface area (TPSA) is 101 Å². The van der Waals surface area contributed by atoms with E-state index >= 15 is 0 Å². The standard InChI is InChI=1S/C17H16BrCl2NO6S2/c1-28(23,24)9-10-7-21(8-10)29(25,26)16-6-12(2-3-15(16)22)27-17-13(19)4-11(18)5-14(17)20/h2-6,10,22H,7-9H2,1H3. The number of ether oxygens (including phenoxy) is 1. The smallest absolute Gasteiger partial charge is 0.246 e. The highest BCUT2D eigenvalue weighted by atomic mass is 79.9. The molecular weight excluding hydrogens is 529 g/mol. The minimum absolute atomic E-state index is 0.0598. The van der Waals surface area contributed by atoms with Crippen molar-refractivity contribution in [3.63, 3.8) is 0 Å². The lowest BCUT2D eigenvalue weighted by atomic mass is 10.1. The normalized spacial score (nSPS) is 15.9. The van der Waals surface area contributed by atoms with E-state index in [-0.39, 0.29) is 51.2 Å². The van der Waals surface area contributed by atoms with Gasteiger partial charge in [0.15, 0.2) is 5.75 Å². The van der Waals surface area contributed by atoms with Crippen molar-refractivity contribution >= 4 is 59.0 Å². The van der Waals surface area contributed by atoms with E-state index in [0.717, 1.165) is 10.6 Å². The molecule has 0 bridgehead atoms. The van der Waals surface area contributed by atoms with E-state index in [4.69, 9.17) is 27.9 Å². The molecule has 1 saturated heterocycles. The highest BCUT2D eigenvalue weighted by Crippen LogP contribution is 2.40. The van der Waals surface area contributed by atoms with Crippen molar-refractivity contribution in [2.45, 2.75) is 4.90 Å². The number of sulfonamides is 1. The first-order valence-corrected chi connectivity index (χ1v) is 13.2. The molecule has 0 amide bonds. The van der Waals surface area contributed by atoms with Crippen LogP contribution < -0.4 is 4.74 Å². The Morgan fingerprint density at radius 1 is 1.14 bits per heavy atom. The lowest BCUT2D eigenvalue weighted by Crippen LogP contribution is -2.52. The highest BCUT2D eigenvalue weighted by Gasteiger charge is 2.39. The van der Waals surface area contributed by atoms with Crippen LogP contribution >= 0.6 is 39.1 Å². The molecular formula is C17H16BrCl2NO6S2. The minimum atomic E-state index is -4.03. The van der Waals surface area contributed by atoms with E-state index in [1.165, 1.54) is 18.2 Å². The van der Waals surface area contributed by atoms with Crippen molar-refractivity contribution < 1.29 is 26.7 Å². The lowest BCUT2D eigenvalue weighted by Gasteiger charge is -2.37. The Hall–Kier alpha value is -1.04. The Bertz CT molecular complexity index is 1140. The molecule has 0 unspecified atom stereocenters. The van der Waals surface area contributed by atoms with E-state index in [1.54, 1.807) is 12.1 Å². The van der Waals surface area contributed by atoms with Crippen molar-refractivity contribution in [3.8, 4) is 17.2 Å². The quantitative estimate of drug-likeness (QED) is 0.591. The van der Waals surface area contributed by atoms with Gasteiger partial charge in [-0.25, -0.2) is 16.8 Å². The predicted octanol–water partition coefficient (Wildman–Crippen LogP) is 3.92. The van der Waals surface area contributed by atoms with Gasteiger partial charge in [-0.15, -0.1) is 0 Å². The largest absolute Gasteiger partial charge is 0.507 e. The molecule has 0 aliphatic carbocycles. The first-order chi connectivity index (χ1) is 13.4. The molecule has 2 aromatic rings. The second kappa shape index (κ2) is 8.24. The average molecular weight is 545 g/mol. The van der Waals surface area contributed by atoms with Crippen LogP contribution in [-0.4, -0.2) is 51.3 Å². The van der Waals surface area contributed by atoms with Crippen LogP contribution in [0.4, 0.5) is 0 Å². The predicted molar refractivity (Wildman–Crippen MR) is 114 cm³/mol. The monoisotopic (exact) mass is 543 g/mol. The zero-order valence-corrected chi connectivity index (χ0v) is 19.7. The van der Waals surface area contributed by atoms with Crippen molar-refractivity contribution in [2.24, 2.45) is 5.92 Å². The number of sulfone groups is 1. The van der Waals surface area contributed by atoms with E-state index in [9.17, 15) is 21.9 Å². The molecule has 2 aromatic carbocycles. The van der Waals surface area contributed by atoms with Crippen LogP contribution in [0.5, 0.6) is 17.2 Å². The van der Waals surface area contributed by atoms with E-state index in [1.807, 2.05) is 0 Å². The Balaban J connectivity index is 1.85. The molecule has 0 atom stereocenters. The number of halogens is 3. The second-order valence-electron chi connectivity index (χ2n) is 6.71. The van der Waals surface area contributed by atoms with Gasteiger partial charge in [-0.2, -0.15) is 4.31 Å². The summed E-state index contributed by atoms with van der Waals surface area (Å²) in [6.45, 7) is 0.120. The van der Waals surface area contributed by atoms with Crippen molar-refractivity contribution in [3.05, 3.63) is 44.8 Å². The molecule has 12 heteroatoms. The third-order valence-electron chi connectivity index (χ3n) is 4.19. The molecule has 0 radical (unpaired) electrons. The maximum atomic E-state index is 12.8.